The molecule has 1 N–H and O–H groups in total. The van der Waals surface area contributed by atoms with Gasteiger partial charge in [0.25, 0.3) is 0 Å². The van der Waals surface area contributed by atoms with Crippen molar-refractivity contribution in [3.05, 3.63) is 18.0 Å². The third-order valence-electron chi connectivity index (χ3n) is 3.63. The highest BCUT2D eigenvalue weighted by Gasteiger charge is 2.26. The van der Waals surface area contributed by atoms with Crippen LogP contribution in [0.2, 0.25) is 0 Å². The maximum absolute atomic E-state index is 12.4. The molecule has 1 amide bonds. The van der Waals surface area contributed by atoms with E-state index in [1.807, 2.05) is 0 Å². The molecule has 2 heterocycles. The molecule has 122 valence electrons. The van der Waals surface area contributed by atoms with E-state index < -0.39 is 16.0 Å². The summed E-state index contributed by atoms with van der Waals surface area (Å²) in [7, 11) is -1.05. The Morgan fingerprint density at radius 3 is 2.82 bits per heavy atom. The summed E-state index contributed by atoms with van der Waals surface area (Å²) >= 11 is 0. The van der Waals surface area contributed by atoms with E-state index in [4.69, 9.17) is 0 Å². The predicted octanol–water partition coefficient (Wildman–Crippen LogP) is 0.0442. The molecule has 0 radical (unpaired) electrons. The molecule has 1 aromatic heterocycles. The first-order valence-electron chi connectivity index (χ1n) is 6.87. The standard InChI is InChI=1S/C13H19N3O5S/c1-15(6-7-16-5-3-4-12(16)17)22(19,20)10-8-11(14-9-10)13(18)21-2/h8-9,14H,3-7H2,1-2H3. The molecule has 1 fully saturated rings. The summed E-state index contributed by atoms with van der Waals surface area (Å²) < 4.78 is 30.5. The van der Waals surface area contributed by atoms with Crippen molar-refractivity contribution in [1.82, 2.24) is 14.2 Å². The fraction of sp³-hybridized carbons (Fsp3) is 0.538. The summed E-state index contributed by atoms with van der Waals surface area (Å²) in [5.74, 6) is -0.577. The van der Waals surface area contributed by atoms with E-state index in [0.717, 1.165) is 6.42 Å². The Morgan fingerprint density at radius 1 is 1.50 bits per heavy atom. The van der Waals surface area contributed by atoms with Gasteiger partial charge in [-0.25, -0.2) is 13.2 Å². The molecule has 0 atom stereocenters. The van der Waals surface area contributed by atoms with E-state index in [9.17, 15) is 18.0 Å². The Morgan fingerprint density at radius 2 is 2.23 bits per heavy atom. The highest BCUT2D eigenvalue weighted by atomic mass is 32.2. The van der Waals surface area contributed by atoms with Crippen molar-refractivity contribution in [3.63, 3.8) is 0 Å². The number of H-pyrrole nitrogens is 1. The smallest absolute Gasteiger partial charge is 0.354 e. The molecule has 22 heavy (non-hydrogen) atoms. The Kier molecular flexibility index (Phi) is 4.87. The number of likely N-dealkylation sites (N-methyl/N-ethyl adjacent to an activating group) is 1. The minimum atomic E-state index is -3.71. The van der Waals surface area contributed by atoms with E-state index in [2.05, 4.69) is 9.72 Å². The van der Waals surface area contributed by atoms with E-state index in [1.165, 1.54) is 30.7 Å². The molecule has 0 aromatic carbocycles. The zero-order chi connectivity index (χ0) is 16.3. The highest BCUT2D eigenvalue weighted by molar-refractivity contribution is 7.89. The summed E-state index contributed by atoms with van der Waals surface area (Å²) in [6.45, 7) is 1.24. The number of ether oxygens (including phenoxy) is 1. The fourth-order valence-electron chi connectivity index (χ4n) is 2.25. The van der Waals surface area contributed by atoms with Crippen LogP contribution in [-0.2, 0) is 19.6 Å². The second-order valence-electron chi connectivity index (χ2n) is 5.05. The third kappa shape index (κ3) is 3.30. The summed E-state index contributed by atoms with van der Waals surface area (Å²) in [5, 5.41) is 0. The minimum Gasteiger partial charge on any atom is -0.464 e. The van der Waals surface area contributed by atoms with Crippen molar-refractivity contribution in [2.45, 2.75) is 17.7 Å². The lowest BCUT2D eigenvalue weighted by molar-refractivity contribution is -0.127. The predicted molar refractivity (Wildman–Crippen MR) is 77.8 cm³/mol. The van der Waals surface area contributed by atoms with Crippen molar-refractivity contribution in [2.24, 2.45) is 0 Å². The quantitative estimate of drug-likeness (QED) is 0.743. The minimum absolute atomic E-state index is 0.0110. The molecule has 0 bridgehead atoms. The van der Waals surface area contributed by atoms with E-state index >= 15 is 0 Å². The van der Waals surface area contributed by atoms with Crippen LogP contribution >= 0.6 is 0 Å². The molecule has 0 unspecified atom stereocenters. The van der Waals surface area contributed by atoms with E-state index in [-0.39, 0.29) is 23.0 Å². The van der Waals surface area contributed by atoms with Gasteiger partial charge in [0.1, 0.15) is 10.6 Å². The van der Waals surface area contributed by atoms with Crippen LogP contribution in [0.25, 0.3) is 0 Å². The van der Waals surface area contributed by atoms with Gasteiger partial charge in [0.15, 0.2) is 0 Å². The Labute approximate surface area is 129 Å². The number of carbonyl (C=O) groups excluding carboxylic acids is 2. The maximum Gasteiger partial charge on any atom is 0.354 e. The van der Waals surface area contributed by atoms with Crippen molar-refractivity contribution in [2.75, 3.05) is 33.8 Å². The zero-order valence-electron chi connectivity index (χ0n) is 12.5. The van der Waals surface area contributed by atoms with Crippen molar-refractivity contribution >= 4 is 21.9 Å². The molecular weight excluding hydrogens is 310 g/mol. The first kappa shape index (κ1) is 16.5. The highest BCUT2D eigenvalue weighted by Crippen LogP contribution is 2.17. The largest absolute Gasteiger partial charge is 0.464 e. The molecule has 0 aliphatic carbocycles. The molecule has 1 aromatic rings. The van der Waals surface area contributed by atoms with Gasteiger partial charge >= 0.3 is 5.97 Å². The number of likely N-dealkylation sites (tertiary alicyclic amines) is 1. The van der Waals surface area contributed by atoms with Gasteiger partial charge in [-0.05, 0) is 12.5 Å². The van der Waals surface area contributed by atoms with Crippen LogP contribution in [0.4, 0.5) is 0 Å². The average Bonchev–Trinajstić information content (AvgIpc) is 3.13. The number of nitrogens with one attached hydrogen (secondary N) is 1. The van der Waals surface area contributed by atoms with E-state index in [1.54, 1.807) is 4.90 Å². The van der Waals surface area contributed by atoms with Crippen LogP contribution in [0.15, 0.2) is 17.2 Å². The third-order valence-corrected chi connectivity index (χ3v) is 5.46. The molecule has 0 spiro atoms. The molecule has 9 heteroatoms. The molecule has 1 aliphatic heterocycles. The van der Waals surface area contributed by atoms with Gasteiger partial charge in [0, 0.05) is 39.3 Å². The SMILES string of the molecule is COC(=O)c1cc(S(=O)(=O)N(C)CCN2CCCC2=O)c[nH]1. The van der Waals surface area contributed by atoms with E-state index in [0.29, 0.717) is 19.5 Å². The van der Waals surface area contributed by atoms with Gasteiger partial charge in [-0.15, -0.1) is 0 Å². The second kappa shape index (κ2) is 6.49. The molecule has 0 saturated carbocycles. The monoisotopic (exact) mass is 329 g/mol. The Bertz CT molecular complexity index is 667. The zero-order valence-corrected chi connectivity index (χ0v) is 13.4. The van der Waals surface area contributed by atoms with Gasteiger partial charge in [0.05, 0.1) is 7.11 Å². The maximum atomic E-state index is 12.4. The number of aromatic nitrogens is 1. The molecule has 1 aliphatic rings. The summed E-state index contributed by atoms with van der Waals surface area (Å²) in [6.07, 6.45) is 2.59. The van der Waals surface area contributed by atoms with Gasteiger partial charge in [-0.1, -0.05) is 0 Å². The van der Waals surface area contributed by atoms with Gasteiger partial charge < -0.3 is 14.6 Å². The van der Waals surface area contributed by atoms with Crippen LogP contribution in [0.3, 0.4) is 0 Å². The van der Waals surface area contributed by atoms with Crippen molar-refractivity contribution in [3.8, 4) is 0 Å². The number of nitrogens with zero attached hydrogens (tertiary/aromatic N) is 2. The topological polar surface area (TPSA) is 99.8 Å². The number of hydrogen-bond acceptors (Lipinski definition) is 5. The van der Waals surface area contributed by atoms with Crippen LogP contribution < -0.4 is 0 Å². The van der Waals surface area contributed by atoms with Crippen molar-refractivity contribution < 1.29 is 22.7 Å². The lowest BCUT2D eigenvalue weighted by Gasteiger charge is -2.21. The average molecular weight is 329 g/mol. The number of methoxy groups -OCH3 is 1. The number of carbonyl (C=O) groups is 2. The van der Waals surface area contributed by atoms with Crippen LogP contribution in [-0.4, -0.2) is 68.3 Å². The Hall–Kier alpha value is -1.87. The molecule has 8 nitrogen and oxygen atoms in total. The van der Waals surface area contributed by atoms with Crippen LogP contribution in [0.1, 0.15) is 23.3 Å². The number of sulfonamides is 1. The fourth-order valence-corrected chi connectivity index (χ4v) is 3.41. The first-order chi connectivity index (χ1) is 10.4. The number of rotatable bonds is 6. The molecule has 1 saturated heterocycles. The summed E-state index contributed by atoms with van der Waals surface area (Å²) in [4.78, 5) is 27.1. The number of aromatic amines is 1. The van der Waals surface area contributed by atoms with Gasteiger partial charge in [-0.2, -0.15) is 4.31 Å². The summed E-state index contributed by atoms with van der Waals surface area (Å²) in [5.41, 5.74) is 0.0733. The number of hydrogen-bond donors (Lipinski definition) is 1. The Balaban J connectivity index is 2.03. The first-order valence-corrected chi connectivity index (χ1v) is 8.31. The van der Waals surface area contributed by atoms with Crippen LogP contribution in [0, 0.1) is 0 Å². The normalized spacial score (nSPS) is 15.6. The number of esters is 1. The van der Waals surface area contributed by atoms with Gasteiger partial charge in [-0.3, -0.25) is 4.79 Å². The lowest BCUT2D eigenvalue weighted by atomic mass is 10.4. The lowest BCUT2D eigenvalue weighted by Crippen LogP contribution is -2.36. The number of amides is 1. The molecular formula is C13H19N3O5S. The second-order valence-corrected chi connectivity index (χ2v) is 7.10. The van der Waals surface area contributed by atoms with Crippen LogP contribution in [0.5, 0.6) is 0 Å². The van der Waals surface area contributed by atoms with Gasteiger partial charge in [0.2, 0.25) is 15.9 Å². The summed E-state index contributed by atoms with van der Waals surface area (Å²) in [6, 6.07) is 1.23. The van der Waals surface area contributed by atoms with Crippen molar-refractivity contribution in [1.29, 1.82) is 0 Å². The molecule has 2 rings (SSSR count).